The summed E-state index contributed by atoms with van der Waals surface area (Å²) in [5, 5.41) is 11.8. The van der Waals surface area contributed by atoms with E-state index < -0.39 is 11.4 Å². The van der Waals surface area contributed by atoms with Gasteiger partial charge in [0.05, 0.1) is 0 Å². The predicted octanol–water partition coefficient (Wildman–Crippen LogP) is 2.11. The van der Waals surface area contributed by atoms with Crippen LogP contribution in [0.15, 0.2) is 24.3 Å². The lowest BCUT2D eigenvalue weighted by Crippen LogP contribution is -2.46. The fourth-order valence-corrected chi connectivity index (χ4v) is 1.55. The van der Waals surface area contributed by atoms with Gasteiger partial charge in [0.25, 0.3) is 5.91 Å². The molecule has 0 spiro atoms. The first-order valence-electron chi connectivity index (χ1n) is 5.69. The van der Waals surface area contributed by atoms with E-state index in [0.29, 0.717) is 18.4 Å². The fraction of sp³-hybridized carbons (Fsp3) is 0.462. The number of aliphatic hydroxyl groups is 1. The summed E-state index contributed by atoms with van der Waals surface area (Å²) < 4.78 is 13.0. The van der Waals surface area contributed by atoms with Gasteiger partial charge in [0.2, 0.25) is 0 Å². The van der Waals surface area contributed by atoms with E-state index in [4.69, 9.17) is 5.11 Å². The van der Waals surface area contributed by atoms with Crippen molar-refractivity contribution >= 4 is 5.91 Å². The van der Waals surface area contributed by atoms with Crippen LogP contribution in [0.4, 0.5) is 4.39 Å². The summed E-state index contributed by atoms with van der Waals surface area (Å²) in [5.74, 6) is -0.750. The van der Waals surface area contributed by atoms with E-state index in [1.165, 1.54) is 18.2 Å². The molecule has 1 rings (SSSR count). The highest BCUT2D eigenvalue weighted by atomic mass is 19.1. The van der Waals surface area contributed by atoms with E-state index in [0.717, 1.165) is 0 Å². The number of halogens is 1. The highest BCUT2D eigenvalue weighted by molar-refractivity contribution is 5.94. The molecule has 0 radical (unpaired) electrons. The van der Waals surface area contributed by atoms with Gasteiger partial charge < -0.3 is 10.4 Å². The van der Waals surface area contributed by atoms with E-state index in [-0.39, 0.29) is 12.5 Å². The Hall–Kier alpha value is -1.42. The SMILES string of the molecule is CCC(C)(CCO)NC(=O)c1cccc(F)c1. The van der Waals surface area contributed by atoms with E-state index in [2.05, 4.69) is 5.32 Å². The van der Waals surface area contributed by atoms with E-state index in [1.54, 1.807) is 6.07 Å². The summed E-state index contributed by atoms with van der Waals surface area (Å²) in [5.41, 5.74) is -0.166. The Bertz CT molecular complexity index is 395. The highest BCUT2D eigenvalue weighted by Gasteiger charge is 2.24. The normalized spacial score (nSPS) is 14.1. The van der Waals surface area contributed by atoms with E-state index >= 15 is 0 Å². The number of aliphatic hydroxyl groups excluding tert-OH is 1. The second kappa shape index (κ2) is 5.77. The molecule has 4 heteroatoms. The Morgan fingerprint density at radius 2 is 2.24 bits per heavy atom. The Morgan fingerprint density at radius 3 is 2.76 bits per heavy atom. The number of carbonyl (C=O) groups excluding carboxylic acids is 1. The number of amides is 1. The lowest BCUT2D eigenvalue weighted by molar-refractivity contribution is 0.0885. The summed E-state index contributed by atoms with van der Waals surface area (Å²) in [6, 6.07) is 5.56. The van der Waals surface area contributed by atoms with Crippen LogP contribution < -0.4 is 5.32 Å². The molecule has 0 aliphatic rings. The van der Waals surface area contributed by atoms with Crippen LogP contribution in [0.2, 0.25) is 0 Å². The lowest BCUT2D eigenvalue weighted by Gasteiger charge is -2.29. The molecule has 0 aromatic heterocycles. The number of hydrogen-bond acceptors (Lipinski definition) is 2. The minimum Gasteiger partial charge on any atom is -0.396 e. The predicted molar refractivity (Wildman–Crippen MR) is 64.3 cm³/mol. The van der Waals surface area contributed by atoms with Gasteiger partial charge >= 0.3 is 0 Å². The minimum atomic E-state index is -0.460. The van der Waals surface area contributed by atoms with Gasteiger partial charge in [-0.2, -0.15) is 0 Å². The van der Waals surface area contributed by atoms with Crippen molar-refractivity contribution in [3.05, 3.63) is 35.6 Å². The lowest BCUT2D eigenvalue weighted by atomic mass is 9.94. The molecule has 0 fully saturated rings. The van der Waals surface area contributed by atoms with E-state index in [9.17, 15) is 9.18 Å². The molecular formula is C13H18FNO2. The number of benzene rings is 1. The molecule has 0 heterocycles. The zero-order valence-corrected chi connectivity index (χ0v) is 10.2. The van der Waals surface area contributed by atoms with Gasteiger partial charge in [-0.25, -0.2) is 4.39 Å². The Kier molecular flexibility index (Phi) is 4.63. The topological polar surface area (TPSA) is 49.3 Å². The summed E-state index contributed by atoms with van der Waals surface area (Å²) >= 11 is 0. The van der Waals surface area contributed by atoms with E-state index in [1.807, 2.05) is 13.8 Å². The monoisotopic (exact) mass is 239 g/mol. The molecular weight excluding hydrogens is 221 g/mol. The Morgan fingerprint density at radius 1 is 1.53 bits per heavy atom. The molecule has 1 unspecified atom stereocenters. The zero-order valence-electron chi connectivity index (χ0n) is 10.2. The largest absolute Gasteiger partial charge is 0.396 e. The molecule has 1 aromatic rings. The first kappa shape index (κ1) is 13.6. The maximum absolute atomic E-state index is 13.0. The maximum atomic E-state index is 13.0. The third kappa shape index (κ3) is 3.82. The third-order valence-corrected chi connectivity index (χ3v) is 2.95. The van der Waals surface area contributed by atoms with Gasteiger partial charge in [-0.1, -0.05) is 13.0 Å². The first-order chi connectivity index (χ1) is 8.00. The van der Waals surface area contributed by atoms with Crippen LogP contribution in [0, 0.1) is 5.82 Å². The quantitative estimate of drug-likeness (QED) is 0.826. The fourth-order valence-electron chi connectivity index (χ4n) is 1.55. The molecule has 2 N–H and O–H groups in total. The van der Waals surface area contributed by atoms with Crippen molar-refractivity contribution < 1.29 is 14.3 Å². The number of carbonyl (C=O) groups is 1. The third-order valence-electron chi connectivity index (χ3n) is 2.95. The standard InChI is InChI=1S/C13H18FNO2/c1-3-13(2,7-8-16)15-12(17)10-5-4-6-11(14)9-10/h4-6,9,16H,3,7-8H2,1-2H3,(H,15,17). The summed E-state index contributed by atoms with van der Waals surface area (Å²) in [6.45, 7) is 3.80. The zero-order chi connectivity index (χ0) is 12.9. The number of rotatable bonds is 5. The summed E-state index contributed by atoms with van der Waals surface area (Å²) in [4.78, 5) is 11.9. The Labute approximate surface area is 101 Å². The average Bonchev–Trinajstić information content (AvgIpc) is 2.29. The smallest absolute Gasteiger partial charge is 0.251 e. The molecule has 17 heavy (non-hydrogen) atoms. The van der Waals surface area contributed by atoms with Gasteiger partial charge in [-0.05, 0) is 38.0 Å². The molecule has 1 amide bonds. The van der Waals surface area contributed by atoms with Crippen LogP contribution in [0.5, 0.6) is 0 Å². The second-order valence-corrected chi connectivity index (χ2v) is 4.35. The van der Waals surface area contributed by atoms with Gasteiger partial charge in [-0.3, -0.25) is 4.79 Å². The van der Waals surface area contributed by atoms with Gasteiger partial charge in [0.15, 0.2) is 0 Å². The molecule has 0 saturated carbocycles. The molecule has 0 bridgehead atoms. The number of hydrogen-bond donors (Lipinski definition) is 2. The molecule has 3 nitrogen and oxygen atoms in total. The van der Waals surface area contributed by atoms with Gasteiger partial charge in [0.1, 0.15) is 5.82 Å². The van der Waals surface area contributed by atoms with Crippen molar-refractivity contribution in [2.75, 3.05) is 6.61 Å². The van der Waals surface area contributed by atoms with Crippen molar-refractivity contribution in [3.8, 4) is 0 Å². The molecule has 1 aromatic carbocycles. The molecule has 0 aliphatic heterocycles. The highest BCUT2D eigenvalue weighted by Crippen LogP contribution is 2.15. The van der Waals surface area contributed by atoms with Crippen molar-refractivity contribution in [1.82, 2.24) is 5.32 Å². The average molecular weight is 239 g/mol. The van der Waals surface area contributed by atoms with Crippen molar-refractivity contribution in [2.24, 2.45) is 0 Å². The van der Waals surface area contributed by atoms with Crippen LogP contribution in [0.25, 0.3) is 0 Å². The number of nitrogens with one attached hydrogen (secondary N) is 1. The summed E-state index contributed by atoms with van der Waals surface area (Å²) in [7, 11) is 0. The maximum Gasteiger partial charge on any atom is 0.251 e. The minimum absolute atomic E-state index is 0.00771. The van der Waals surface area contributed by atoms with Crippen molar-refractivity contribution in [2.45, 2.75) is 32.2 Å². The van der Waals surface area contributed by atoms with Crippen LogP contribution in [-0.2, 0) is 0 Å². The van der Waals surface area contributed by atoms with Crippen LogP contribution in [0.3, 0.4) is 0 Å². The summed E-state index contributed by atoms with van der Waals surface area (Å²) in [6.07, 6.45) is 1.18. The van der Waals surface area contributed by atoms with Crippen LogP contribution in [-0.4, -0.2) is 23.2 Å². The second-order valence-electron chi connectivity index (χ2n) is 4.35. The Balaban J connectivity index is 2.77. The van der Waals surface area contributed by atoms with Crippen LogP contribution >= 0.6 is 0 Å². The van der Waals surface area contributed by atoms with Crippen molar-refractivity contribution in [1.29, 1.82) is 0 Å². The van der Waals surface area contributed by atoms with Crippen LogP contribution in [0.1, 0.15) is 37.0 Å². The first-order valence-corrected chi connectivity index (χ1v) is 5.69. The van der Waals surface area contributed by atoms with Gasteiger partial charge in [0, 0.05) is 17.7 Å². The molecule has 0 aliphatic carbocycles. The van der Waals surface area contributed by atoms with Crippen molar-refractivity contribution in [3.63, 3.8) is 0 Å². The molecule has 1 atom stereocenters. The van der Waals surface area contributed by atoms with Gasteiger partial charge in [-0.15, -0.1) is 0 Å². The molecule has 94 valence electrons. The molecule has 0 saturated heterocycles.